The van der Waals surface area contributed by atoms with Gasteiger partial charge in [-0.25, -0.2) is 4.39 Å². The third-order valence-electron chi connectivity index (χ3n) is 2.23. The molecule has 3 heteroatoms. The first kappa shape index (κ1) is 10.7. The number of rotatable bonds is 3. The molecule has 0 heterocycles. The van der Waals surface area contributed by atoms with Crippen molar-refractivity contribution in [1.82, 2.24) is 0 Å². The molecule has 0 fully saturated rings. The lowest BCUT2D eigenvalue weighted by molar-refractivity contribution is -0.136. The molecular formula is C11H13FO2. The summed E-state index contributed by atoms with van der Waals surface area (Å²) in [5, 5.41) is 8.50. The highest BCUT2D eigenvalue weighted by molar-refractivity contribution is 5.67. The first-order valence-corrected chi connectivity index (χ1v) is 4.48. The molecule has 0 bridgehead atoms. The molecule has 2 nitrogen and oxygen atoms in total. The summed E-state index contributed by atoms with van der Waals surface area (Å²) in [4.78, 5) is 10.3. The largest absolute Gasteiger partial charge is 0.481 e. The van der Waals surface area contributed by atoms with Gasteiger partial charge in [0, 0.05) is 6.42 Å². The van der Waals surface area contributed by atoms with Crippen molar-refractivity contribution in [2.45, 2.75) is 26.7 Å². The highest BCUT2D eigenvalue weighted by atomic mass is 19.1. The Labute approximate surface area is 82.4 Å². The summed E-state index contributed by atoms with van der Waals surface area (Å²) in [6.07, 6.45) is 0.432. The monoisotopic (exact) mass is 196 g/mol. The maximum absolute atomic E-state index is 13.1. The summed E-state index contributed by atoms with van der Waals surface area (Å²) >= 11 is 0. The van der Waals surface area contributed by atoms with E-state index in [1.54, 1.807) is 13.0 Å². The number of carboxylic acid groups (broad SMARTS) is 1. The van der Waals surface area contributed by atoms with Gasteiger partial charge in [-0.05, 0) is 43.0 Å². The SMILES string of the molecule is Cc1cc(C)c(CCC(=O)O)cc1F. The smallest absolute Gasteiger partial charge is 0.303 e. The fourth-order valence-electron chi connectivity index (χ4n) is 1.38. The second kappa shape index (κ2) is 4.22. The van der Waals surface area contributed by atoms with Crippen LogP contribution in [-0.2, 0) is 11.2 Å². The lowest BCUT2D eigenvalue weighted by Gasteiger charge is -2.06. The minimum Gasteiger partial charge on any atom is -0.481 e. The molecule has 14 heavy (non-hydrogen) atoms. The number of benzene rings is 1. The van der Waals surface area contributed by atoms with Crippen molar-refractivity contribution in [3.63, 3.8) is 0 Å². The lowest BCUT2D eigenvalue weighted by atomic mass is 10.0. The predicted octanol–water partition coefficient (Wildman–Crippen LogP) is 2.46. The van der Waals surface area contributed by atoms with E-state index in [1.165, 1.54) is 6.07 Å². The van der Waals surface area contributed by atoms with Gasteiger partial charge in [-0.15, -0.1) is 0 Å². The molecular weight excluding hydrogens is 183 g/mol. The maximum Gasteiger partial charge on any atom is 0.303 e. The fourth-order valence-corrected chi connectivity index (χ4v) is 1.38. The molecule has 0 saturated carbocycles. The topological polar surface area (TPSA) is 37.3 Å². The lowest BCUT2D eigenvalue weighted by Crippen LogP contribution is -2.00. The van der Waals surface area contributed by atoms with Crippen molar-refractivity contribution in [1.29, 1.82) is 0 Å². The van der Waals surface area contributed by atoms with Crippen LogP contribution in [0, 0.1) is 19.7 Å². The summed E-state index contributed by atoms with van der Waals surface area (Å²) < 4.78 is 13.1. The minimum absolute atomic E-state index is 0.0450. The molecule has 0 saturated heterocycles. The molecule has 0 amide bonds. The number of aryl methyl sites for hydroxylation is 3. The first-order chi connectivity index (χ1) is 6.50. The van der Waals surface area contributed by atoms with Crippen molar-refractivity contribution in [3.05, 3.63) is 34.6 Å². The molecule has 1 aromatic carbocycles. The number of aliphatic carboxylic acids is 1. The Balaban J connectivity index is 2.87. The molecule has 1 aromatic rings. The number of carboxylic acids is 1. The molecule has 76 valence electrons. The van der Waals surface area contributed by atoms with Crippen molar-refractivity contribution in [2.75, 3.05) is 0 Å². The average Bonchev–Trinajstić information content (AvgIpc) is 2.09. The molecule has 0 aliphatic carbocycles. The predicted molar refractivity (Wildman–Crippen MR) is 51.8 cm³/mol. The van der Waals surface area contributed by atoms with Crippen molar-refractivity contribution >= 4 is 5.97 Å². The molecule has 0 spiro atoms. The zero-order valence-corrected chi connectivity index (χ0v) is 8.30. The second-order valence-electron chi connectivity index (χ2n) is 3.42. The Kier molecular flexibility index (Phi) is 3.23. The zero-order chi connectivity index (χ0) is 10.7. The summed E-state index contributed by atoms with van der Waals surface area (Å²) in [5.41, 5.74) is 2.32. The van der Waals surface area contributed by atoms with Gasteiger partial charge in [0.25, 0.3) is 0 Å². The Bertz CT molecular complexity index is 359. The average molecular weight is 196 g/mol. The fraction of sp³-hybridized carbons (Fsp3) is 0.364. The molecule has 0 aromatic heterocycles. The van der Waals surface area contributed by atoms with E-state index in [1.807, 2.05) is 6.92 Å². The van der Waals surface area contributed by atoms with Crippen LogP contribution in [0.1, 0.15) is 23.1 Å². The van der Waals surface area contributed by atoms with Crippen LogP contribution < -0.4 is 0 Å². The van der Waals surface area contributed by atoms with E-state index in [2.05, 4.69) is 0 Å². The van der Waals surface area contributed by atoms with Crippen molar-refractivity contribution < 1.29 is 14.3 Å². The molecule has 0 unspecified atom stereocenters. The summed E-state index contributed by atoms with van der Waals surface area (Å²) in [6, 6.07) is 3.17. The number of carbonyl (C=O) groups is 1. The van der Waals surface area contributed by atoms with Gasteiger partial charge in [-0.1, -0.05) is 6.07 Å². The van der Waals surface area contributed by atoms with Gasteiger partial charge < -0.3 is 5.11 Å². The Hall–Kier alpha value is -1.38. The number of halogens is 1. The quantitative estimate of drug-likeness (QED) is 0.806. The summed E-state index contributed by atoms with van der Waals surface area (Å²) in [6.45, 7) is 3.56. The van der Waals surface area contributed by atoms with Gasteiger partial charge in [-0.2, -0.15) is 0 Å². The number of hydrogen-bond donors (Lipinski definition) is 1. The Morgan fingerprint density at radius 3 is 2.57 bits per heavy atom. The van der Waals surface area contributed by atoms with Crippen molar-refractivity contribution in [3.8, 4) is 0 Å². The summed E-state index contributed by atoms with van der Waals surface area (Å²) in [7, 11) is 0. The minimum atomic E-state index is -0.856. The van der Waals surface area contributed by atoms with E-state index < -0.39 is 5.97 Å². The highest BCUT2D eigenvalue weighted by Crippen LogP contribution is 2.16. The second-order valence-corrected chi connectivity index (χ2v) is 3.42. The van der Waals surface area contributed by atoms with Gasteiger partial charge in [-0.3, -0.25) is 4.79 Å². The van der Waals surface area contributed by atoms with Gasteiger partial charge in [0.15, 0.2) is 0 Å². The Morgan fingerprint density at radius 2 is 2.00 bits per heavy atom. The molecule has 0 aliphatic heterocycles. The molecule has 1 N–H and O–H groups in total. The van der Waals surface area contributed by atoms with Crippen LogP contribution >= 0.6 is 0 Å². The highest BCUT2D eigenvalue weighted by Gasteiger charge is 2.05. The van der Waals surface area contributed by atoms with Crippen molar-refractivity contribution in [2.24, 2.45) is 0 Å². The van der Waals surface area contributed by atoms with E-state index >= 15 is 0 Å². The van der Waals surface area contributed by atoms with E-state index in [0.717, 1.165) is 11.1 Å². The standard InChI is InChI=1S/C11H13FO2/c1-7-5-8(2)10(12)6-9(7)3-4-11(13)14/h5-6H,3-4H2,1-2H3,(H,13,14). The third kappa shape index (κ3) is 2.55. The van der Waals surface area contributed by atoms with Crippen LogP contribution in [0.5, 0.6) is 0 Å². The van der Waals surface area contributed by atoms with E-state index in [9.17, 15) is 9.18 Å². The van der Waals surface area contributed by atoms with Crippen LogP contribution in [0.25, 0.3) is 0 Å². The van der Waals surface area contributed by atoms with Crippen LogP contribution in [0.3, 0.4) is 0 Å². The Morgan fingerprint density at radius 1 is 1.36 bits per heavy atom. The van der Waals surface area contributed by atoms with Gasteiger partial charge in [0.05, 0.1) is 0 Å². The van der Waals surface area contributed by atoms with Gasteiger partial charge in [0.2, 0.25) is 0 Å². The van der Waals surface area contributed by atoms with E-state index in [-0.39, 0.29) is 12.2 Å². The zero-order valence-electron chi connectivity index (χ0n) is 8.30. The van der Waals surface area contributed by atoms with Crippen LogP contribution in [0.15, 0.2) is 12.1 Å². The molecule has 1 rings (SSSR count). The van der Waals surface area contributed by atoms with Crippen LogP contribution in [-0.4, -0.2) is 11.1 Å². The third-order valence-corrected chi connectivity index (χ3v) is 2.23. The first-order valence-electron chi connectivity index (χ1n) is 4.48. The molecule has 0 aliphatic rings. The van der Waals surface area contributed by atoms with E-state index in [0.29, 0.717) is 12.0 Å². The molecule has 0 radical (unpaired) electrons. The van der Waals surface area contributed by atoms with Gasteiger partial charge in [0.1, 0.15) is 5.82 Å². The van der Waals surface area contributed by atoms with Gasteiger partial charge >= 0.3 is 5.97 Å². The molecule has 0 atom stereocenters. The normalized spacial score (nSPS) is 10.2. The van der Waals surface area contributed by atoms with Crippen LogP contribution in [0.2, 0.25) is 0 Å². The van der Waals surface area contributed by atoms with Crippen LogP contribution in [0.4, 0.5) is 4.39 Å². The summed E-state index contributed by atoms with van der Waals surface area (Å²) in [5.74, 6) is -1.12. The maximum atomic E-state index is 13.1. The number of hydrogen-bond acceptors (Lipinski definition) is 1. The van der Waals surface area contributed by atoms with E-state index in [4.69, 9.17) is 5.11 Å².